The molecule has 3 fully saturated rings. The van der Waals surface area contributed by atoms with Gasteiger partial charge in [0.25, 0.3) is 0 Å². The van der Waals surface area contributed by atoms with Gasteiger partial charge in [0.1, 0.15) is 5.76 Å². The van der Waals surface area contributed by atoms with Crippen molar-refractivity contribution in [3.8, 4) is 0 Å². The minimum Gasteiger partial charge on any atom is -0.468 e. The van der Waals surface area contributed by atoms with Gasteiger partial charge in [-0.05, 0) is 57.5 Å². The van der Waals surface area contributed by atoms with E-state index >= 15 is 0 Å². The average Bonchev–Trinajstić information content (AvgIpc) is 3.43. The smallest absolute Gasteiger partial charge is 0.191 e. The molecule has 3 aliphatic heterocycles. The van der Waals surface area contributed by atoms with Crippen molar-refractivity contribution in [2.24, 2.45) is 4.99 Å². The van der Waals surface area contributed by atoms with Gasteiger partial charge in [-0.1, -0.05) is 6.42 Å². The number of piperidine rings is 1. The first-order chi connectivity index (χ1) is 13.8. The van der Waals surface area contributed by atoms with Crippen LogP contribution in [0.25, 0.3) is 0 Å². The maximum Gasteiger partial charge on any atom is 0.191 e. The number of halogens is 1. The summed E-state index contributed by atoms with van der Waals surface area (Å²) in [7, 11) is 1.83. The fourth-order valence-corrected chi connectivity index (χ4v) is 4.75. The molecule has 0 bridgehead atoms. The van der Waals surface area contributed by atoms with Crippen LogP contribution in [0.5, 0.6) is 0 Å². The molecule has 4 rings (SSSR count). The summed E-state index contributed by atoms with van der Waals surface area (Å²) >= 11 is 0. The van der Waals surface area contributed by atoms with Crippen LogP contribution in [0.2, 0.25) is 0 Å². The van der Waals surface area contributed by atoms with Crippen molar-refractivity contribution in [3.63, 3.8) is 0 Å². The summed E-state index contributed by atoms with van der Waals surface area (Å²) in [5.74, 6) is 1.86. The van der Waals surface area contributed by atoms with E-state index in [9.17, 15) is 0 Å². The lowest BCUT2D eigenvalue weighted by Gasteiger charge is -2.35. The first-order valence-electron chi connectivity index (χ1n) is 10.9. The van der Waals surface area contributed by atoms with Crippen LogP contribution >= 0.6 is 24.0 Å². The van der Waals surface area contributed by atoms with Gasteiger partial charge in [-0.15, -0.1) is 24.0 Å². The number of rotatable bonds is 6. The number of fused-ring (bicyclic) bond motifs is 1. The van der Waals surface area contributed by atoms with Crippen LogP contribution in [-0.4, -0.2) is 80.8 Å². The number of nitrogens with one attached hydrogen (secondary N) is 2. The zero-order valence-electron chi connectivity index (χ0n) is 17.5. The van der Waals surface area contributed by atoms with Crippen molar-refractivity contribution >= 4 is 29.9 Å². The zero-order valence-corrected chi connectivity index (χ0v) is 19.8. The lowest BCUT2D eigenvalue weighted by atomic mass is 10.1. The molecule has 7 nitrogen and oxygen atoms in total. The Hall–Kier alpha value is -0.840. The van der Waals surface area contributed by atoms with E-state index in [4.69, 9.17) is 9.15 Å². The summed E-state index contributed by atoms with van der Waals surface area (Å²) in [6.45, 7) is 6.95. The normalized spacial score (nSPS) is 27.1. The minimum atomic E-state index is 0. The second-order valence-corrected chi connectivity index (χ2v) is 8.21. The van der Waals surface area contributed by atoms with E-state index in [0.29, 0.717) is 6.04 Å². The van der Waals surface area contributed by atoms with Crippen molar-refractivity contribution in [1.29, 1.82) is 0 Å². The molecule has 0 aliphatic carbocycles. The second kappa shape index (κ2) is 11.5. The predicted octanol–water partition coefficient (Wildman–Crippen LogP) is 2.45. The molecule has 0 radical (unpaired) electrons. The maximum absolute atomic E-state index is 6.06. The molecular formula is C21H36IN5O2. The van der Waals surface area contributed by atoms with Crippen LogP contribution in [0, 0.1) is 0 Å². The standard InChI is InChI=1S/C21H35N5O2.HI/c1-22-21(23-13-18-15-26-11-5-7-17(26)16-28-18)24-14-19(20-8-6-12-27-20)25-9-3-2-4-10-25;/h6,8,12,17-19H,2-5,7,9-11,13-16H2,1H3,(H2,22,23,24);1H. The minimum absolute atomic E-state index is 0. The highest BCUT2D eigenvalue weighted by molar-refractivity contribution is 14.0. The van der Waals surface area contributed by atoms with E-state index < -0.39 is 0 Å². The average molecular weight is 517 g/mol. The number of aliphatic imine (C=N–C) groups is 1. The number of morpholine rings is 1. The highest BCUT2D eigenvalue weighted by Gasteiger charge is 2.32. The molecule has 0 amide bonds. The van der Waals surface area contributed by atoms with Gasteiger partial charge in [0.2, 0.25) is 0 Å². The van der Waals surface area contributed by atoms with Gasteiger partial charge in [0.15, 0.2) is 5.96 Å². The van der Waals surface area contributed by atoms with E-state index in [1.807, 2.05) is 13.1 Å². The molecule has 1 aromatic rings. The SMILES string of the molecule is CN=C(NCC1CN2CCCC2CO1)NCC(c1ccco1)N1CCCCC1.I. The molecule has 1 aromatic heterocycles. The summed E-state index contributed by atoms with van der Waals surface area (Å²) in [6, 6.07) is 4.95. The van der Waals surface area contributed by atoms with Crippen LogP contribution < -0.4 is 10.6 Å². The third-order valence-corrected chi connectivity index (χ3v) is 6.35. The largest absolute Gasteiger partial charge is 0.468 e. The summed E-state index contributed by atoms with van der Waals surface area (Å²) in [4.78, 5) is 9.52. The number of likely N-dealkylation sites (tertiary alicyclic amines) is 1. The molecule has 3 unspecified atom stereocenters. The van der Waals surface area contributed by atoms with Crippen molar-refractivity contribution in [3.05, 3.63) is 24.2 Å². The van der Waals surface area contributed by atoms with Crippen LogP contribution in [0.3, 0.4) is 0 Å². The van der Waals surface area contributed by atoms with Gasteiger partial charge in [-0.2, -0.15) is 0 Å². The highest BCUT2D eigenvalue weighted by Crippen LogP contribution is 2.25. The highest BCUT2D eigenvalue weighted by atomic mass is 127. The molecular weight excluding hydrogens is 481 g/mol. The lowest BCUT2D eigenvalue weighted by Crippen LogP contribution is -2.52. The molecule has 0 saturated carbocycles. The molecule has 29 heavy (non-hydrogen) atoms. The Morgan fingerprint density at radius 3 is 2.83 bits per heavy atom. The molecule has 3 atom stereocenters. The number of guanidine groups is 1. The molecule has 0 aromatic carbocycles. The summed E-state index contributed by atoms with van der Waals surface area (Å²) in [6.07, 6.45) is 8.45. The van der Waals surface area contributed by atoms with Gasteiger partial charge >= 0.3 is 0 Å². The van der Waals surface area contributed by atoms with E-state index in [2.05, 4.69) is 31.5 Å². The third-order valence-electron chi connectivity index (χ3n) is 6.35. The molecule has 3 aliphatic rings. The fraction of sp³-hybridized carbons (Fsp3) is 0.762. The number of ether oxygens (including phenoxy) is 1. The van der Waals surface area contributed by atoms with Crippen LogP contribution in [0.4, 0.5) is 0 Å². The number of furan rings is 1. The Kier molecular flexibility index (Phi) is 9.08. The first-order valence-corrected chi connectivity index (χ1v) is 10.9. The van der Waals surface area contributed by atoms with Crippen LogP contribution in [-0.2, 0) is 4.74 Å². The van der Waals surface area contributed by atoms with Gasteiger partial charge in [0, 0.05) is 32.7 Å². The van der Waals surface area contributed by atoms with Crippen molar-refractivity contribution in [1.82, 2.24) is 20.4 Å². The zero-order chi connectivity index (χ0) is 19.2. The third kappa shape index (κ3) is 6.08. The van der Waals surface area contributed by atoms with E-state index in [0.717, 1.165) is 51.1 Å². The van der Waals surface area contributed by atoms with Crippen LogP contribution in [0.15, 0.2) is 27.8 Å². The number of hydrogen-bond donors (Lipinski definition) is 2. The van der Waals surface area contributed by atoms with Gasteiger partial charge in [0.05, 0.1) is 25.0 Å². The maximum atomic E-state index is 6.06. The van der Waals surface area contributed by atoms with Crippen molar-refractivity contribution < 1.29 is 9.15 Å². The van der Waals surface area contributed by atoms with E-state index in [-0.39, 0.29) is 36.1 Å². The monoisotopic (exact) mass is 517 g/mol. The number of hydrogen-bond acceptors (Lipinski definition) is 5. The quantitative estimate of drug-likeness (QED) is 0.344. The fourth-order valence-electron chi connectivity index (χ4n) is 4.75. The molecule has 0 spiro atoms. The van der Waals surface area contributed by atoms with Crippen molar-refractivity contribution in [2.45, 2.75) is 50.3 Å². The Balaban J connectivity index is 0.00000240. The van der Waals surface area contributed by atoms with Gasteiger partial charge < -0.3 is 19.8 Å². The predicted molar refractivity (Wildman–Crippen MR) is 126 cm³/mol. The van der Waals surface area contributed by atoms with E-state index in [1.54, 1.807) is 6.26 Å². The first kappa shape index (κ1) is 22.8. The Labute approximate surface area is 191 Å². The Bertz CT molecular complexity index is 621. The second-order valence-electron chi connectivity index (χ2n) is 8.21. The molecule has 3 saturated heterocycles. The summed E-state index contributed by atoms with van der Waals surface area (Å²) in [5.41, 5.74) is 0. The molecule has 2 N–H and O–H groups in total. The van der Waals surface area contributed by atoms with Gasteiger partial charge in [-0.3, -0.25) is 14.8 Å². The number of nitrogens with zero attached hydrogens (tertiary/aromatic N) is 3. The topological polar surface area (TPSA) is 65.3 Å². The van der Waals surface area contributed by atoms with Crippen LogP contribution in [0.1, 0.15) is 43.9 Å². The van der Waals surface area contributed by atoms with Crippen molar-refractivity contribution in [2.75, 3.05) is 52.9 Å². The summed E-state index contributed by atoms with van der Waals surface area (Å²) < 4.78 is 11.8. The van der Waals surface area contributed by atoms with Gasteiger partial charge in [-0.25, -0.2) is 0 Å². The van der Waals surface area contributed by atoms with E-state index in [1.165, 1.54) is 38.6 Å². The Morgan fingerprint density at radius 2 is 2.07 bits per heavy atom. The molecule has 8 heteroatoms. The Morgan fingerprint density at radius 1 is 1.21 bits per heavy atom. The molecule has 164 valence electrons. The lowest BCUT2D eigenvalue weighted by molar-refractivity contribution is -0.0453. The summed E-state index contributed by atoms with van der Waals surface area (Å²) in [5, 5.41) is 6.97. The molecule has 4 heterocycles.